The quantitative estimate of drug-likeness (QED) is 0.680. The highest BCUT2D eigenvalue weighted by Crippen LogP contribution is 2.34. The summed E-state index contributed by atoms with van der Waals surface area (Å²) in [6.45, 7) is 0.415. The van der Waals surface area contributed by atoms with E-state index in [0.717, 1.165) is 10.5 Å². The first kappa shape index (κ1) is 19.0. The number of urea groups is 1. The molecule has 2 aromatic rings. The van der Waals surface area contributed by atoms with Gasteiger partial charge in [-0.05, 0) is 36.2 Å². The van der Waals surface area contributed by atoms with E-state index >= 15 is 0 Å². The Morgan fingerprint density at radius 3 is 2.42 bits per heavy atom. The van der Waals surface area contributed by atoms with Gasteiger partial charge in [0.1, 0.15) is 6.04 Å². The summed E-state index contributed by atoms with van der Waals surface area (Å²) < 4.78 is 21.1. The molecule has 0 aromatic heterocycles. The summed E-state index contributed by atoms with van der Waals surface area (Å²) in [5.41, 5.74) is 1.31. The fraction of sp³-hybridized carbons (Fsp3) is 0.286. The first-order valence-corrected chi connectivity index (χ1v) is 9.77. The minimum Gasteiger partial charge on any atom is -0.454 e. The maximum Gasteiger partial charge on any atom is 0.325 e. The van der Waals surface area contributed by atoms with Crippen LogP contribution in [0.25, 0.3) is 0 Å². The molecule has 4 amide bonds. The van der Waals surface area contributed by atoms with Gasteiger partial charge >= 0.3 is 6.03 Å². The van der Waals surface area contributed by atoms with E-state index in [9.17, 15) is 14.4 Å². The molecule has 5 rings (SSSR count). The molecule has 2 N–H and O–H groups in total. The van der Waals surface area contributed by atoms with Crippen LogP contribution in [-0.4, -0.2) is 42.4 Å². The van der Waals surface area contributed by atoms with E-state index in [1.807, 2.05) is 0 Å². The van der Waals surface area contributed by atoms with Crippen molar-refractivity contribution in [2.45, 2.75) is 25.4 Å². The highest BCUT2D eigenvalue weighted by Gasteiger charge is 2.38. The normalized spacial score (nSPS) is 18.3. The lowest BCUT2D eigenvalue weighted by atomic mass is 10.1. The van der Waals surface area contributed by atoms with Gasteiger partial charge in [0.2, 0.25) is 19.5 Å². The predicted molar refractivity (Wildman–Crippen MR) is 106 cm³/mol. The van der Waals surface area contributed by atoms with Crippen LogP contribution in [0.15, 0.2) is 36.4 Å². The number of carbonyl (C=O) groups is 3. The van der Waals surface area contributed by atoms with E-state index in [4.69, 9.17) is 18.9 Å². The molecule has 10 nitrogen and oxygen atoms in total. The number of hydrogen-bond donors (Lipinski definition) is 2. The Hall–Kier alpha value is -3.95. The predicted octanol–water partition coefficient (Wildman–Crippen LogP) is 1.98. The topological polar surface area (TPSA) is 115 Å². The number of amides is 4. The molecule has 3 aliphatic rings. The second-order valence-electron chi connectivity index (χ2n) is 7.27. The van der Waals surface area contributed by atoms with Gasteiger partial charge in [-0.15, -0.1) is 0 Å². The fourth-order valence-electron chi connectivity index (χ4n) is 3.62. The number of benzene rings is 2. The third-order valence-corrected chi connectivity index (χ3v) is 5.20. The van der Waals surface area contributed by atoms with Crippen LogP contribution >= 0.6 is 0 Å². The largest absolute Gasteiger partial charge is 0.454 e. The van der Waals surface area contributed by atoms with Crippen LogP contribution in [-0.2, 0) is 16.1 Å². The van der Waals surface area contributed by atoms with Gasteiger partial charge in [0.15, 0.2) is 23.0 Å². The minimum atomic E-state index is -0.746. The zero-order valence-corrected chi connectivity index (χ0v) is 16.4. The molecule has 160 valence electrons. The number of rotatable bonds is 6. The highest BCUT2D eigenvalue weighted by atomic mass is 16.7. The van der Waals surface area contributed by atoms with Crippen molar-refractivity contribution in [1.29, 1.82) is 0 Å². The molecule has 2 aromatic carbocycles. The third-order valence-electron chi connectivity index (χ3n) is 5.20. The Balaban J connectivity index is 1.15. The Kier molecular flexibility index (Phi) is 4.73. The third kappa shape index (κ3) is 3.79. The van der Waals surface area contributed by atoms with Crippen molar-refractivity contribution < 1.29 is 33.3 Å². The average molecular weight is 425 g/mol. The lowest BCUT2D eigenvalue weighted by Crippen LogP contribution is -2.31. The summed E-state index contributed by atoms with van der Waals surface area (Å²) in [6.07, 6.45) is 0.265. The van der Waals surface area contributed by atoms with Gasteiger partial charge in [0.05, 0.1) is 6.54 Å². The number of fused-ring (bicyclic) bond motifs is 2. The summed E-state index contributed by atoms with van der Waals surface area (Å²) in [4.78, 5) is 38.4. The first-order valence-electron chi connectivity index (χ1n) is 9.77. The van der Waals surface area contributed by atoms with Gasteiger partial charge in [-0.1, -0.05) is 6.07 Å². The Bertz CT molecular complexity index is 1070. The van der Waals surface area contributed by atoms with Gasteiger partial charge in [0.25, 0.3) is 5.91 Å². The molecular formula is C21H19N3O7. The van der Waals surface area contributed by atoms with Crippen molar-refractivity contribution in [2.24, 2.45) is 0 Å². The van der Waals surface area contributed by atoms with E-state index in [1.165, 1.54) is 0 Å². The summed E-state index contributed by atoms with van der Waals surface area (Å²) in [6, 6.07) is 9.14. The average Bonchev–Trinajstić information content (AvgIpc) is 3.47. The summed E-state index contributed by atoms with van der Waals surface area (Å²) in [5.74, 6) is 1.78. The van der Waals surface area contributed by atoms with Gasteiger partial charge in [0, 0.05) is 18.2 Å². The van der Waals surface area contributed by atoms with Crippen LogP contribution in [0.5, 0.6) is 23.0 Å². The molecular weight excluding hydrogens is 406 g/mol. The zero-order valence-electron chi connectivity index (χ0n) is 16.4. The molecule has 1 fully saturated rings. The van der Waals surface area contributed by atoms with Crippen molar-refractivity contribution in [3.63, 3.8) is 0 Å². The van der Waals surface area contributed by atoms with Gasteiger partial charge < -0.3 is 29.6 Å². The van der Waals surface area contributed by atoms with E-state index in [-0.39, 0.29) is 44.8 Å². The summed E-state index contributed by atoms with van der Waals surface area (Å²) >= 11 is 0. The van der Waals surface area contributed by atoms with E-state index < -0.39 is 12.1 Å². The maximum atomic E-state index is 12.7. The fourth-order valence-corrected chi connectivity index (χ4v) is 3.62. The molecule has 0 spiro atoms. The smallest absolute Gasteiger partial charge is 0.325 e. The van der Waals surface area contributed by atoms with Crippen LogP contribution < -0.4 is 29.6 Å². The van der Waals surface area contributed by atoms with Crippen molar-refractivity contribution in [3.8, 4) is 23.0 Å². The number of carbonyl (C=O) groups excluding carboxylic acids is 3. The second kappa shape index (κ2) is 7.71. The molecule has 1 atom stereocenters. The van der Waals surface area contributed by atoms with Crippen LogP contribution in [0.1, 0.15) is 18.4 Å². The lowest BCUT2D eigenvalue weighted by Gasteiger charge is -2.13. The Labute approximate surface area is 177 Å². The van der Waals surface area contributed by atoms with E-state index in [1.54, 1.807) is 36.4 Å². The van der Waals surface area contributed by atoms with Crippen LogP contribution in [0.3, 0.4) is 0 Å². The summed E-state index contributed by atoms with van der Waals surface area (Å²) in [5, 5.41) is 5.40. The van der Waals surface area contributed by atoms with E-state index in [0.29, 0.717) is 28.7 Å². The molecule has 0 radical (unpaired) electrons. The van der Waals surface area contributed by atoms with Crippen LogP contribution in [0.2, 0.25) is 0 Å². The van der Waals surface area contributed by atoms with Crippen molar-refractivity contribution in [1.82, 2.24) is 10.2 Å². The molecule has 31 heavy (non-hydrogen) atoms. The molecule has 0 unspecified atom stereocenters. The highest BCUT2D eigenvalue weighted by molar-refractivity contribution is 6.04. The van der Waals surface area contributed by atoms with Crippen molar-refractivity contribution in [2.75, 3.05) is 18.9 Å². The van der Waals surface area contributed by atoms with Crippen LogP contribution in [0.4, 0.5) is 10.5 Å². The Morgan fingerprint density at radius 2 is 1.65 bits per heavy atom. The van der Waals surface area contributed by atoms with Gasteiger partial charge in [-0.2, -0.15) is 0 Å². The van der Waals surface area contributed by atoms with E-state index in [2.05, 4.69) is 10.6 Å². The molecule has 0 aliphatic carbocycles. The number of ether oxygens (including phenoxy) is 4. The number of anilines is 1. The second-order valence-corrected chi connectivity index (χ2v) is 7.27. The molecule has 3 aliphatic heterocycles. The molecule has 10 heteroatoms. The standard InChI is InChI=1S/C21H19N3O7/c25-19(22-13-2-5-16-18(8-13)31-11-29-16)6-3-14-20(26)24(21(27)23-14)9-12-1-4-15-17(7-12)30-10-28-15/h1-2,4-5,7-8,14H,3,6,9-11H2,(H,22,25)(H,23,27)/t14-/m1/s1. The molecule has 3 heterocycles. The molecule has 1 saturated heterocycles. The number of imide groups is 1. The Morgan fingerprint density at radius 1 is 0.968 bits per heavy atom. The number of hydrogen-bond acceptors (Lipinski definition) is 7. The lowest BCUT2D eigenvalue weighted by molar-refractivity contribution is -0.128. The number of nitrogens with zero attached hydrogens (tertiary/aromatic N) is 1. The van der Waals surface area contributed by atoms with Gasteiger partial charge in [-0.25, -0.2) is 4.79 Å². The monoisotopic (exact) mass is 425 g/mol. The van der Waals surface area contributed by atoms with Crippen molar-refractivity contribution >= 4 is 23.5 Å². The molecule has 0 bridgehead atoms. The number of nitrogens with one attached hydrogen (secondary N) is 2. The minimum absolute atomic E-state index is 0.0724. The molecule has 0 saturated carbocycles. The maximum absolute atomic E-state index is 12.7. The first-order chi connectivity index (χ1) is 15.1. The van der Waals surface area contributed by atoms with Crippen molar-refractivity contribution in [3.05, 3.63) is 42.0 Å². The van der Waals surface area contributed by atoms with Crippen LogP contribution in [0, 0.1) is 0 Å². The summed E-state index contributed by atoms with van der Waals surface area (Å²) in [7, 11) is 0. The zero-order chi connectivity index (χ0) is 21.4. The van der Waals surface area contributed by atoms with Gasteiger partial charge in [-0.3, -0.25) is 14.5 Å². The SMILES string of the molecule is O=C(CC[C@H]1NC(=O)N(Cc2ccc3c(c2)OCO3)C1=O)Nc1ccc2c(c1)OCO2.